The van der Waals surface area contributed by atoms with Crippen LogP contribution < -0.4 is 4.72 Å². The van der Waals surface area contributed by atoms with Crippen molar-refractivity contribution in [1.82, 2.24) is 4.72 Å². The van der Waals surface area contributed by atoms with Crippen molar-refractivity contribution in [2.45, 2.75) is 38.5 Å². The van der Waals surface area contributed by atoms with Crippen molar-refractivity contribution < 1.29 is 13.5 Å². The van der Waals surface area contributed by atoms with Gasteiger partial charge in [0.2, 0.25) is 10.0 Å². The van der Waals surface area contributed by atoms with Crippen molar-refractivity contribution in [3.05, 3.63) is 35.4 Å². The van der Waals surface area contributed by atoms with Crippen LogP contribution in [0.1, 0.15) is 37.8 Å². The minimum absolute atomic E-state index is 0.255. The molecule has 1 aromatic carbocycles. The maximum atomic E-state index is 11.6. The van der Waals surface area contributed by atoms with Gasteiger partial charge in [-0.1, -0.05) is 38.1 Å². The summed E-state index contributed by atoms with van der Waals surface area (Å²) in [5.41, 5.74) is 2.14. The summed E-state index contributed by atoms with van der Waals surface area (Å²) in [6.45, 7) is 5.58. The highest BCUT2D eigenvalue weighted by Gasteiger charge is 2.18. The number of aliphatic hydroxyl groups excluding tert-OH is 1. The topological polar surface area (TPSA) is 66.4 Å². The van der Waals surface area contributed by atoms with Crippen LogP contribution in [0.25, 0.3) is 0 Å². The first-order valence-electron chi connectivity index (χ1n) is 6.05. The largest absolute Gasteiger partial charge is 0.395 e. The van der Waals surface area contributed by atoms with Gasteiger partial charge in [0.1, 0.15) is 0 Å². The molecule has 0 amide bonds. The highest BCUT2D eigenvalue weighted by atomic mass is 32.2. The summed E-state index contributed by atoms with van der Waals surface area (Å²) < 4.78 is 25.8. The van der Waals surface area contributed by atoms with E-state index in [4.69, 9.17) is 5.11 Å². The third kappa shape index (κ3) is 4.08. The van der Waals surface area contributed by atoms with Crippen molar-refractivity contribution in [3.63, 3.8) is 0 Å². The summed E-state index contributed by atoms with van der Waals surface area (Å²) in [4.78, 5) is 0. The Hall–Kier alpha value is -0.910. The molecular formula is C13H21NO3S. The quantitative estimate of drug-likeness (QED) is 0.826. The van der Waals surface area contributed by atoms with Gasteiger partial charge in [-0.3, -0.25) is 0 Å². The average molecular weight is 271 g/mol. The van der Waals surface area contributed by atoms with E-state index < -0.39 is 15.3 Å². The second kappa shape index (κ2) is 6.31. The molecular weight excluding hydrogens is 250 g/mol. The van der Waals surface area contributed by atoms with Gasteiger partial charge in [-0.05, 0) is 24.0 Å². The molecule has 0 aliphatic carbocycles. The zero-order valence-corrected chi connectivity index (χ0v) is 11.9. The minimum Gasteiger partial charge on any atom is -0.395 e. The second-order valence-electron chi connectivity index (χ2n) is 4.76. The number of benzene rings is 1. The van der Waals surface area contributed by atoms with E-state index in [1.54, 1.807) is 0 Å². The maximum absolute atomic E-state index is 11.6. The fourth-order valence-corrected chi connectivity index (χ4v) is 2.29. The third-order valence-electron chi connectivity index (χ3n) is 2.91. The molecule has 4 nitrogen and oxygen atoms in total. The molecule has 0 aliphatic rings. The third-order valence-corrected chi connectivity index (χ3v) is 4.67. The molecule has 0 radical (unpaired) electrons. The van der Waals surface area contributed by atoms with Crippen LogP contribution in [0.2, 0.25) is 0 Å². The van der Waals surface area contributed by atoms with E-state index in [1.807, 2.05) is 24.3 Å². The highest BCUT2D eigenvalue weighted by molar-refractivity contribution is 7.90. The van der Waals surface area contributed by atoms with Crippen LogP contribution >= 0.6 is 0 Å². The molecule has 0 spiro atoms. The van der Waals surface area contributed by atoms with Crippen LogP contribution in [-0.2, 0) is 16.6 Å². The number of rotatable bonds is 6. The Morgan fingerprint density at radius 3 is 2.17 bits per heavy atom. The molecule has 1 atom stereocenters. The number of hydrogen-bond donors (Lipinski definition) is 2. The summed E-state index contributed by atoms with van der Waals surface area (Å²) in [5, 5.41) is 8.06. The van der Waals surface area contributed by atoms with Crippen molar-refractivity contribution in [3.8, 4) is 0 Å². The average Bonchev–Trinajstić information content (AvgIpc) is 2.35. The number of nitrogens with one attached hydrogen (secondary N) is 1. The Kier molecular flexibility index (Phi) is 5.31. The first kappa shape index (κ1) is 15.1. The smallest absolute Gasteiger partial charge is 0.216 e. The predicted molar refractivity (Wildman–Crippen MR) is 72.8 cm³/mol. The van der Waals surface area contributed by atoms with Gasteiger partial charge >= 0.3 is 0 Å². The van der Waals surface area contributed by atoms with E-state index in [-0.39, 0.29) is 13.2 Å². The normalized spacial score (nSPS) is 13.8. The lowest BCUT2D eigenvalue weighted by atomic mass is 10.0. The fourth-order valence-electron chi connectivity index (χ4n) is 1.44. The SMILES string of the molecule is CC(C)c1ccc(CNS(=O)(=O)C(C)CO)cc1. The zero-order chi connectivity index (χ0) is 13.8. The molecule has 0 saturated carbocycles. The molecule has 0 aromatic heterocycles. The van der Waals surface area contributed by atoms with E-state index in [9.17, 15) is 8.42 Å². The van der Waals surface area contributed by atoms with Crippen molar-refractivity contribution in [1.29, 1.82) is 0 Å². The summed E-state index contributed by atoms with van der Waals surface area (Å²) in [5.74, 6) is 0.463. The van der Waals surface area contributed by atoms with Crippen LogP contribution in [0.15, 0.2) is 24.3 Å². The molecule has 0 aliphatic heterocycles. The second-order valence-corrected chi connectivity index (χ2v) is 6.94. The number of hydrogen-bond acceptors (Lipinski definition) is 3. The lowest BCUT2D eigenvalue weighted by Crippen LogP contribution is -2.34. The maximum Gasteiger partial charge on any atom is 0.216 e. The number of sulfonamides is 1. The highest BCUT2D eigenvalue weighted by Crippen LogP contribution is 2.14. The van der Waals surface area contributed by atoms with Gasteiger partial charge in [-0.25, -0.2) is 13.1 Å². The van der Waals surface area contributed by atoms with E-state index in [2.05, 4.69) is 18.6 Å². The van der Waals surface area contributed by atoms with Crippen LogP contribution in [0.4, 0.5) is 0 Å². The zero-order valence-electron chi connectivity index (χ0n) is 11.1. The Morgan fingerprint density at radius 1 is 1.17 bits per heavy atom. The molecule has 0 heterocycles. The Bertz CT molecular complexity index is 466. The first-order chi connectivity index (χ1) is 8.36. The first-order valence-corrected chi connectivity index (χ1v) is 7.59. The Balaban J connectivity index is 2.64. The standard InChI is InChI=1S/C13H21NO3S/c1-10(2)13-6-4-12(5-7-13)8-14-18(16,17)11(3)9-15/h4-7,10-11,14-15H,8-9H2,1-3H3. The van der Waals surface area contributed by atoms with E-state index in [1.165, 1.54) is 12.5 Å². The van der Waals surface area contributed by atoms with Crippen molar-refractivity contribution in [2.24, 2.45) is 0 Å². The molecule has 1 rings (SSSR count). The van der Waals surface area contributed by atoms with Gasteiger partial charge in [0.25, 0.3) is 0 Å². The molecule has 0 saturated heterocycles. The molecule has 0 bridgehead atoms. The monoisotopic (exact) mass is 271 g/mol. The molecule has 18 heavy (non-hydrogen) atoms. The van der Waals surface area contributed by atoms with E-state index >= 15 is 0 Å². The molecule has 2 N–H and O–H groups in total. The van der Waals surface area contributed by atoms with Crippen LogP contribution in [0, 0.1) is 0 Å². The lowest BCUT2D eigenvalue weighted by Gasteiger charge is -2.12. The van der Waals surface area contributed by atoms with E-state index in [0.29, 0.717) is 5.92 Å². The Labute approximate surface area is 109 Å². The lowest BCUT2D eigenvalue weighted by molar-refractivity contribution is 0.294. The summed E-state index contributed by atoms with van der Waals surface area (Å²) in [7, 11) is -3.44. The van der Waals surface area contributed by atoms with Gasteiger partial charge in [-0.2, -0.15) is 0 Å². The summed E-state index contributed by atoms with van der Waals surface area (Å²) >= 11 is 0. The predicted octanol–water partition coefficient (Wildman–Crippen LogP) is 1.61. The van der Waals surface area contributed by atoms with Gasteiger partial charge in [0.05, 0.1) is 11.9 Å². The van der Waals surface area contributed by atoms with E-state index in [0.717, 1.165) is 5.56 Å². The summed E-state index contributed by atoms with van der Waals surface area (Å²) in [6.07, 6.45) is 0. The van der Waals surface area contributed by atoms with Crippen LogP contribution in [0.5, 0.6) is 0 Å². The van der Waals surface area contributed by atoms with Gasteiger partial charge in [-0.15, -0.1) is 0 Å². The molecule has 1 aromatic rings. The van der Waals surface area contributed by atoms with Crippen LogP contribution in [-0.4, -0.2) is 25.4 Å². The summed E-state index contributed by atoms with van der Waals surface area (Å²) in [6, 6.07) is 7.84. The Morgan fingerprint density at radius 2 is 1.72 bits per heavy atom. The van der Waals surface area contributed by atoms with Crippen molar-refractivity contribution >= 4 is 10.0 Å². The molecule has 5 heteroatoms. The van der Waals surface area contributed by atoms with Crippen molar-refractivity contribution in [2.75, 3.05) is 6.61 Å². The minimum atomic E-state index is -3.44. The van der Waals surface area contributed by atoms with Gasteiger partial charge in [0, 0.05) is 6.54 Å². The number of aliphatic hydroxyl groups is 1. The molecule has 0 fully saturated rings. The van der Waals surface area contributed by atoms with Gasteiger partial charge in [0.15, 0.2) is 0 Å². The molecule has 102 valence electrons. The van der Waals surface area contributed by atoms with Crippen LogP contribution in [0.3, 0.4) is 0 Å². The molecule has 1 unspecified atom stereocenters. The van der Waals surface area contributed by atoms with Gasteiger partial charge < -0.3 is 5.11 Å². The fraction of sp³-hybridized carbons (Fsp3) is 0.538.